The molecule has 2 heterocycles. The van der Waals surface area contributed by atoms with E-state index in [1.807, 2.05) is 0 Å². The largest absolute Gasteiger partial charge is 0.327 e. The number of anilines is 1. The Hall–Kier alpha value is -3.55. The molecular formula is C20H17N3O5. The van der Waals surface area contributed by atoms with Gasteiger partial charge in [0.1, 0.15) is 6.04 Å². The van der Waals surface area contributed by atoms with E-state index in [1.165, 1.54) is 29.2 Å². The molecule has 2 aliphatic rings. The number of nitrogens with zero attached hydrogens (tertiary/aromatic N) is 3. The molecule has 0 unspecified atom stereocenters. The maximum absolute atomic E-state index is 13.1. The maximum Gasteiger partial charge on any atom is 0.269 e. The molecule has 0 radical (unpaired) electrons. The van der Waals surface area contributed by atoms with Crippen LogP contribution in [0.2, 0.25) is 0 Å². The van der Waals surface area contributed by atoms with Gasteiger partial charge in [-0.05, 0) is 37.1 Å². The summed E-state index contributed by atoms with van der Waals surface area (Å²) in [6.45, 7) is 0.291. The monoisotopic (exact) mass is 379 g/mol. The number of hydrogen-bond acceptors (Lipinski definition) is 5. The fraction of sp³-hybridized carbons (Fsp3) is 0.250. The second-order valence-corrected chi connectivity index (χ2v) is 6.83. The average molecular weight is 379 g/mol. The van der Waals surface area contributed by atoms with Crippen LogP contribution in [-0.4, -0.2) is 46.6 Å². The Morgan fingerprint density at radius 2 is 1.82 bits per heavy atom. The van der Waals surface area contributed by atoms with E-state index in [0.29, 0.717) is 24.2 Å². The van der Waals surface area contributed by atoms with Crippen molar-refractivity contribution in [1.82, 2.24) is 4.90 Å². The van der Waals surface area contributed by atoms with Crippen molar-refractivity contribution in [2.24, 2.45) is 0 Å². The number of benzene rings is 2. The lowest BCUT2D eigenvalue weighted by Gasteiger charge is -2.25. The highest BCUT2D eigenvalue weighted by Crippen LogP contribution is 2.32. The molecule has 0 bridgehead atoms. The molecule has 8 nitrogen and oxygen atoms in total. The Morgan fingerprint density at radius 1 is 1.11 bits per heavy atom. The Labute approximate surface area is 160 Å². The van der Waals surface area contributed by atoms with Crippen molar-refractivity contribution in [3.8, 4) is 0 Å². The van der Waals surface area contributed by atoms with Crippen LogP contribution in [0.25, 0.3) is 0 Å². The maximum atomic E-state index is 13.1. The second kappa shape index (κ2) is 6.88. The summed E-state index contributed by atoms with van der Waals surface area (Å²) >= 11 is 0. The highest BCUT2D eigenvalue weighted by Gasteiger charge is 2.42. The number of nitro benzene ring substituents is 1. The van der Waals surface area contributed by atoms with Crippen LogP contribution in [0.5, 0.6) is 0 Å². The number of ketones is 1. The van der Waals surface area contributed by atoms with Crippen LogP contribution < -0.4 is 4.90 Å². The van der Waals surface area contributed by atoms with Crippen LogP contribution in [0.4, 0.5) is 11.4 Å². The van der Waals surface area contributed by atoms with Gasteiger partial charge < -0.3 is 9.80 Å². The Kier molecular flexibility index (Phi) is 4.38. The summed E-state index contributed by atoms with van der Waals surface area (Å²) in [7, 11) is 0. The van der Waals surface area contributed by atoms with Crippen LogP contribution in [0.1, 0.15) is 33.6 Å². The number of non-ortho nitro benzene ring substituents is 1. The van der Waals surface area contributed by atoms with Gasteiger partial charge in [-0.3, -0.25) is 24.5 Å². The first-order chi connectivity index (χ1) is 13.5. The van der Waals surface area contributed by atoms with Gasteiger partial charge in [0.15, 0.2) is 5.78 Å². The van der Waals surface area contributed by atoms with Gasteiger partial charge in [0.2, 0.25) is 5.91 Å². The molecule has 1 atom stereocenters. The van der Waals surface area contributed by atoms with E-state index >= 15 is 0 Å². The molecule has 28 heavy (non-hydrogen) atoms. The van der Waals surface area contributed by atoms with Crippen LogP contribution in [-0.2, 0) is 4.79 Å². The molecular weight excluding hydrogens is 362 g/mol. The number of hydrogen-bond donors (Lipinski definition) is 0. The third kappa shape index (κ3) is 2.92. The van der Waals surface area contributed by atoms with Gasteiger partial charge in [0, 0.05) is 24.2 Å². The summed E-state index contributed by atoms with van der Waals surface area (Å²) in [6.07, 6.45) is 1.31. The van der Waals surface area contributed by atoms with Gasteiger partial charge in [-0.15, -0.1) is 0 Å². The summed E-state index contributed by atoms with van der Waals surface area (Å²) in [5, 5.41) is 10.8. The van der Waals surface area contributed by atoms with Gasteiger partial charge in [0.25, 0.3) is 11.6 Å². The zero-order chi connectivity index (χ0) is 19.8. The zero-order valence-electron chi connectivity index (χ0n) is 14.9. The van der Waals surface area contributed by atoms with E-state index in [-0.39, 0.29) is 35.4 Å². The third-order valence-corrected chi connectivity index (χ3v) is 5.19. The average Bonchev–Trinajstić information content (AvgIpc) is 3.18. The molecule has 2 aliphatic heterocycles. The van der Waals surface area contributed by atoms with Crippen molar-refractivity contribution in [1.29, 1.82) is 0 Å². The topological polar surface area (TPSA) is 101 Å². The van der Waals surface area contributed by atoms with Crippen LogP contribution in [0.15, 0.2) is 48.5 Å². The van der Waals surface area contributed by atoms with Gasteiger partial charge in [-0.1, -0.05) is 12.1 Å². The number of nitro groups is 1. The number of carbonyl (C=O) groups is 3. The SMILES string of the molecule is O=C(CN1C(=O)[C@@H]2CCCN2C(=O)c2ccccc21)c1ccc([N+](=O)[O-])cc1. The van der Waals surface area contributed by atoms with E-state index < -0.39 is 11.0 Å². The van der Waals surface area contributed by atoms with E-state index in [0.717, 1.165) is 6.42 Å². The van der Waals surface area contributed by atoms with Gasteiger partial charge >= 0.3 is 0 Å². The number of amides is 2. The molecule has 0 aliphatic carbocycles. The minimum Gasteiger partial charge on any atom is -0.327 e. The number of fused-ring (bicyclic) bond motifs is 2. The van der Waals surface area contributed by atoms with Crippen LogP contribution >= 0.6 is 0 Å². The lowest BCUT2D eigenvalue weighted by molar-refractivity contribution is -0.384. The zero-order valence-corrected chi connectivity index (χ0v) is 14.9. The lowest BCUT2D eigenvalue weighted by atomic mass is 10.1. The molecule has 1 saturated heterocycles. The fourth-order valence-corrected chi connectivity index (χ4v) is 3.78. The Bertz CT molecular complexity index is 986. The van der Waals surface area contributed by atoms with Crippen LogP contribution in [0, 0.1) is 10.1 Å². The molecule has 0 aromatic heterocycles. The quantitative estimate of drug-likeness (QED) is 0.461. The van der Waals surface area contributed by atoms with Crippen molar-refractivity contribution in [2.75, 3.05) is 18.0 Å². The van der Waals surface area contributed by atoms with Crippen molar-refractivity contribution < 1.29 is 19.3 Å². The summed E-state index contributed by atoms with van der Waals surface area (Å²) in [4.78, 5) is 52.0. The lowest BCUT2D eigenvalue weighted by Crippen LogP contribution is -2.46. The molecule has 0 spiro atoms. The fourth-order valence-electron chi connectivity index (χ4n) is 3.78. The normalized spacial score (nSPS) is 18.5. The van der Waals surface area contributed by atoms with Crippen molar-refractivity contribution in [3.63, 3.8) is 0 Å². The van der Waals surface area contributed by atoms with Crippen molar-refractivity contribution in [2.45, 2.75) is 18.9 Å². The van der Waals surface area contributed by atoms with Gasteiger partial charge in [-0.2, -0.15) is 0 Å². The van der Waals surface area contributed by atoms with E-state index in [9.17, 15) is 24.5 Å². The second-order valence-electron chi connectivity index (χ2n) is 6.83. The predicted octanol–water partition coefficient (Wildman–Crippen LogP) is 2.43. The number of Topliss-reactive ketones (excluding diaryl/α,β-unsaturated/α-hetero) is 1. The standard InChI is InChI=1S/C20H17N3O5/c24-18(13-7-9-14(10-8-13)23(27)28)12-22-16-5-2-1-4-15(16)19(25)21-11-3-6-17(21)20(22)26/h1-2,4-5,7-10,17H,3,6,11-12H2/t17-/m0/s1. The molecule has 2 aromatic rings. The summed E-state index contributed by atoms with van der Waals surface area (Å²) in [5.41, 5.74) is 0.980. The van der Waals surface area contributed by atoms with Crippen LogP contribution in [0.3, 0.4) is 0 Å². The molecule has 2 aromatic carbocycles. The smallest absolute Gasteiger partial charge is 0.269 e. The number of para-hydroxylation sites is 1. The molecule has 1 fully saturated rings. The molecule has 142 valence electrons. The Morgan fingerprint density at radius 3 is 2.54 bits per heavy atom. The summed E-state index contributed by atoms with van der Waals surface area (Å²) in [6, 6.07) is 11.5. The first kappa shape index (κ1) is 17.8. The minimum absolute atomic E-state index is 0.111. The van der Waals surface area contributed by atoms with E-state index in [2.05, 4.69) is 0 Å². The van der Waals surface area contributed by atoms with Crippen molar-refractivity contribution >= 4 is 29.0 Å². The summed E-state index contributed by atoms with van der Waals surface area (Å²) < 4.78 is 0. The first-order valence-electron chi connectivity index (χ1n) is 8.96. The Balaban J connectivity index is 1.68. The van der Waals surface area contributed by atoms with E-state index in [4.69, 9.17) is 0 Å². The molecule has 0 saturated carbocycles. The van der Waals surface area contributed by atoms with E-state index in [1.54, 1.807) is 29.2 Å². The molecule has 2 amide bonds. The highest BCUT2D eigenvalue weighted by atomic mass is 16.6. The molecule has 8 heteroatoms. The minimum atomic E-state index is -0.565. The molecule has 4 rings (SSSR count). The summed E-state index contributed by atoms with van der Waals surface area (Å²) in [5.74, 6) is -0.820. The highest BCUT2D eigenvalue weighted by molar-refractivity contribution is 6.14. The van der Waals surface area contributed by atoms with Crippen molar-refractivity contribution in [3.05, 3.63) is 69.8 Å². The first-order valence-corrected chi connectivity index (χ1v) is 8.96. The number of carbonyl (C=O) groups excluding carboxylic acids is 3. The molecule has 0 N–H and O–H groups in total. The third-order valence-electron chi connectivity index (χ3n) is 5.19. The number of rotatable bonds is 4. The van der Waals surface area contributed by atoms with Gasteiger partial charge in [0.05, 0.1) is 22.7 Å². The van der Waals surface area contributed by atoms with Gasteiger partial charge in [-0.25, -0.2) is 0 Å². The predicted molar refractivity (Wildman–Crippen MR) is 100 cm³/mol.